The van der Waals surface area contributed by atoms with E-state index in [1.807, 2.05) is 0 Å². The van der Waals surface area contributed by atoms with Crippen molar-refractivity contribution in [3.8, 4) is 0 Å². The van der Waals surface area contributed by atoms with Crippen molar-refractivity contribution in [3.05, 3.63) is 35.9 Å². The Morgan fingerprint density at radius 2 is 2.11 bits per heavy atom. The summed E-state index contributed by atoms with van der Waals surface area (Å²) in [6.45, 7) is -0.527. The Morgan fingerprint density at radius 1 is 1.37 bits per heavy atom. The molecule has 0 saturated heterocycles. The average molecular weight is 261 g/mol. The number of hydrogen-bond acceptors (Lipinski definition) is 5. The van der Waals surface area contributed by atoms with E-state index in [4.69, 9.17) is 15.7 Å². The fourth-order valence-electron chi connectivity index (χ4n) is 1.60. The summed E-state index contributed by atoms with van der Waals surface area (Å²) in [6.07, 6.45) is 0. The molecule has 0 aliphatic carbocycles. The van der Waals surface area contributed by atoms with E-state index in [0.29, 0.717) is 10.9 Å². The highest BCUT2D eigenvalue weighted by atomic mass is 16.7. The molecule has 1 aromatic heterocycles. The van der Waals surface area contributed by atoms with Gasteiger partial charge < -0.3 is 10.8 Å². The highest BCUT2D eigenvalue weighted by molar-refractivity contribution is 6.06. The molecule has 0 aliphatic heterocycles. The highest BCUT2D eigenvalue weighted by Crippen LogP contribution is 2.20. The maximum absolute atomic E-state index is 11.4. The number of pyridine rings is 1. The van der Waals surface area contributed by atoms with E-state index >= 15 is 0 Å². The summed E-state index contributed by atoms with van der Waals surface area (Å²) in [7, 11) is 0. The number of benzene rings is 1. The molecule has 0 aliphatic rings. The van der Waals surface area contributed by atoms with Crippen LogP contribution in [0.4, 0.5) is 5.82 Å². The lowest BCUT2D eigenvalue weighted by molar-refractivity contribution is -0.141. The van der Waals surface area contributed by atoms with Gasteiger partial charge in [0.25, 0.3) is 0 Å². The normalized spacial score (nSPS) is 10.3. The molecular formula is C12H11N3O4. The second-order valence-corrected chi connectivity index (χ2v) is 3.72. The van der Waals surface area contributed by atoms with E-state index in [9.17, 15) is 9.59 Å². The number of primary amides is 1. The largest absolute Gasteiger partial charge is 0.479 e. The number of nitrogens with one attached hydrogen (secondary N) is 1. The van der Waals surface area contributed by atoms with Gasteiger partial charge in [-0.15, -0.1) is 0 Å². The lowest BCUT2D eigenvalue weighted by Crippen LogP contribution is -2.15. The van der Waals surface area contributed by atoms with Gasteiger partial charge in [0.05, 0.1) is 11.1 Å². The molecule has 4 N–H and O–H groups in total. The van der Waals surface area contributed by atoms with Gasteiger partial charge in [-0.25, -0.2) is 15.3 Å². The van der Waals surface area contributed by atoms with Crippen LogP contribution in [-0.2, 0) is 9.63 Å². The number of aromatic nitrogens is 1. The third-order valence-corrected chi connectivity index (χ3v) is 2.35. The monoisotopic (exact) mass is 261 g/mol. The number of carbonyl (C=O) groups is 2. The second-order valence-electron chi connectivity index (χ2n) is 3.72. The fraction of sp³-hybridized carbons (Fsp3) is 0.0833. The van der Waals surface area contributed by atoms with Crippen molar-refractivity contribution in [2.45, 2.75) is 0 Å². The van der Waals surface area contributed by atoms with Gasteiger partial charge in [-0.05, 0) is 12.1 Å². The number of para-hydroxylation sites is 1. The van der Waals surface area contributed by atoms with Crippen LogP contribution in [0.3, 0.4) is 0 Å². The minimum absolute atomic E-state index is 0.216. The molecular weight excluding hydrogens is 250 g/mol. The first kappa shape index (κ1) is 12.8. The van der Waals surface area contributed by atoms with Crippen LogP contribution in [0, 0.1) is 0 Å². The molecule has 0 bridgehead atoms. The first-order chi connectivity index (χ1) is 9.08. The summed E-state index contributed by atoms with van der Waals surface area (Å²) in [5, 5.41) is 9.07. The zero-order valence-electron chi connectivity index (χ0n) is 9.79. The van der Waals surface area contributed by atoms with Crippen LogP contribution in [0.1, 0.15) is 10.4 Å². The van der Waals surface area contributed by atoms with Crippen LogP contribution >= 0.6 is 0 Å². The third-order valence-electron chi connectivity index (χ3n) is 2.35. The van der Waals surface area contributed by atoms with Crippen molar-refractivity contribution in [3.63, 3.8) is 0 Å². The molecule has 98 valence electrons. The average Bonchev–Trinajstić information content (AvgIpc) is 2.37. The van der Waals surface area contributed by atoms with Crippen molar-refractivity contribution in [2.24, 2.45) is 5.73 Å². The standard InChI is InChI=1S/C12H11N3O4/c13-12(18)8-5-10(15-19-6-11(16)17)14-9-4-2-1-3-7(8)9/h1-5H,6H2,(H2,13,18)(H,14,15)(H,16,17). The highest BCUT2D eigenvalue weighted by Gasteiger charge is 2.10. The molecule has 0 fully saturated rings. The van der Waals surface area contributed by atoms with Crippen molar-refractivity contribution in [1.82, 2.24) is 4.98 Å². The molecule has 0 radical (unpaired) electrons. The lowest BCUT2D eigenvalue weighted by atomic mass is 10.1. The molecule has 7 nitrogen and oxygen atoms in total. The van der Waals surface area contributed by atoms with E-state index in [2.05, 4.69) is 10.5 Å². The Bertz CT molecular complexity index is 642. The van der Waals surface area contributed by atoms with E-state index in [-0.39, 0.29) is 11.4 Å². The Balaban J connectivity index is 2.35. The van der Waals surface area contributed by atoms with Crippen molar-refractivity contribution in [2.75, 3.05) is 12.1 Å². The van der Waals surface area contributed by atoms with Crippen LogP contribution in [0.25, 0.3) is 10.9 Å². The van der Waals surface area contributed by atoms with Crippen LogP contribution in [-0.4, -0.2) is 28.6 Å². The summed E-state index contributed by atoms with van der Waals surface area (Å²) < 4.78 is 0. The van der Waals surface area contributed by atoms with E-state index < -0.39 is 18.5 Å². The number of amides is 1. The number of carboxylic acids is 1. The second kappa shape index (κ2) is 5.32. The molecule has 0 spiro atoms. The number of carbonyl (C=O) groups excluding carboxylic acids is 1. The van der Waals surface area contributed by atoms with Gasteiger partial charge in [0.1, 0.15) is 0 Å². The summed E-state index contributed by atoms with van der Waals surface area (Å²) in [5.41, 5.74) is 8.50. The van der Waals surface area contributed by atoms with Crippen molar-refractivity contribution in [1.29, 1.82) is 0 Å². The molecule has 2 rings (SSSR count). The molecule has 19 heavy (non-hydrogen) atoms. The maximum atomic E-state index is 11.4. The zero-order chi connectivity index (χ0) is 13.8. The summed E-state index contributed by atoms with van der Waals surface area (Å²) in [4.78, 5) is 30.6. The van der Waals surface area contributed by atoms with Gasteiger partial charge in [0, 0.05) is 5.39 Å². The lowest BCUT2D eigenvalue weighted by Gasteiger charge is -2.08. The number of carboxylic acid groups (broad SMARTS) is 1. The van der Waals surface area contributed by atoms with Gasteiger partial charge >= 0.3 is 5.97 Å². The third kappa shape index (κ3) is 2.96. The van der Waals surface area contributed by atoms with Gasteiger partial charge in [0.15, 0.2) is 12.4 Å². The summed E-state index contributed by atoms with van der Waals surface area (Å²) in [6, 6.07) is 8.38. The van der Waals surface area contributed by atoms with Crippen LogP contribution in [0.2, 0.25) is 0 Å². The fourth-order valence-corrected chi connectivity index (χ4v) is 1.60. The predicted octanol–water partition coefficient (Wildman–Crippen LogP) is 0.762. The smallest absolute Gasteiger partial charge is 0.332 e. The minimum Gasteiger partial charge on any atom is -0.479 e. The van der Waals surface area contributed by atoms with Crippen LogP contribution in [0.5, 0.6) is 0 Å². The Hall–Kier alpha value is -2.67. The molecule has 0 unspecified atom stereocenters. The molecule has 2 aromatic rings. The maximum Gasteiger partial charge on any atom is 0.332 e. The number of nitrogens with two attached hydrogens (primary N) is 1. The number of hydrogen-bond donors (Lipinski definition) is 3. The Kier molecular flexibility index (Phi) is 3.58. The molecule has 1 aromatic carbocycles. The quantitative estimate of drug-likeness (QED) is 0.684. The molecule has 0 atom stereocenters. The number of aliphatic carboxylic acids is 1. The Morgan fingerprint density at radius 3 is 2.79 bits per heavy atom. The topological polar surface area (TPSA) is 115 Å². The predicted molar refractivity (Wildman–Crippen MR) is 67.5 cm³/mol. The summed E-state index contributed by atoms with van der Waals surface area (Å²) >= 11 is 0. The molecule has 1 amide bonds. The van der Waals surface area contributed by atoms with Crippen LogP contribution < -0.4 is 11.2 Å². The van der Waals surface area contributed by atoms with Gasteiger partial charge in [-0.1, -0.05) is 18.2 Å². The Labute approximate surface area is 108 Å². The number of rotatable bonds is 5. The van der Waals surface area contributed by atoms with Gasteiger partial charge in [-0.2, -0.15) is 0 Å². The van der Waals surface area contributed by atoms with Crippen molar-refractivity contribution < 1.29 is 19.5 Å². The van der Waals surface area contributed by atoms with E-state index in [1.165, 1.54) is 6.07 Å². The summed E-state index contributed by atoms with van der Waals surface area (Å²) in [5.74, 6) is -1.50. The van der Waals surface area contributed by atoms with E-state index in [0.717, 1.165) is 0 Å². The molecule has 1 heterocycles. The molecule has 0 saturated carbocycles. The van der Waals surface area contributed by atoms with E-state index in [1.54, 1.807) is 24.3 Å². The zero-order valence-corrected chi connectivity index (χ0v) is 9.79. The number of nitrogens with zero attached hydrogens (tertiary/aromatic N) is 1. The molecule has 7 heteroatoms. The minimum atomic E-state index is -1.12. The van der Waals surface area contributed by atoms with Crippen molar-refractivity contribution >= 4 is 28.6 Å². The SMILES string of the molecule is NC(=O)c1cc(NOCC(=O)O)nc2ccccc12. The first-order valence-electron chi connectivity index (χ1n) is 5.37. The first-order valence-corrected chi connectivity index (χ1v) is 5.37. The van der Waals surface area contributed by atoms with Crippen LogP contribution in [0.15, 0.2) is 30.3 Å². The van der Waals surface area contributed by atoms with Gasteiger partial charge in [-0.3, -0.25) is 9.63 Å². The van der Waals surface area contributed by atoms with Gasteiger partial charge in [0.2, 0.25) is 5.91 Å². The number of fused-ring (bicyclic) bond motifs is 1. The number of anilines is 1.